The molecule has 1 amide bonds. The summed E-state index contributed by atoms with van der Waals surface area (Å²) >= 11 is 0. The maximum Gasteiger partial charge on any atom is 0.239 e. The molecule has 1 fully saturated rings. The van der Waals surface area contributed by atoms with Crippen LogP contribution in [0.25, 0.3) is 0 Å². The Morgan fingerprint density at radius 2 is 2.27 bits per heavy atom. The van der Waals surface area contributed by atoms with Crippen LogP contribution in [-0.4, -0.2) is 36.0 Å². The maximum absolute atomic E-state index is 12.0. The third-order valence-electron chi connectivity index (χ3n) is 3.17. The average molecular weight is 213 g/mol. The van der Waals surface area contributed by atoms with Gasteiger partial charge in [-0.1, -0.05) is 6.92 Å². The van der Waals surface area contributed by atoms with Crippen molar-refractivity contribution in [1.29, 1.82) is 0 Å². The highest BCUT2D eigenvalue weighted by Crippen LogP contribution is 2.20. The van der Waals surface area contributed by atoms with Crippen LogP contribution in [-0.2, 0) is 4.79 Å². The second kappa shape index (κ2) is 6.08. The number of hydrogen-bond acceptors (Lipinski definition) is 3. The first-order chi connectivity index (χ1) is 7.20. The molecule has 0 saturated carbocycles. The summed E-state index contributed by atoms with van der Waals surface area (Å²) in [5.41, 5.74) is 11.3. The molecule has 1 aliphatic heterocycles. The summed E-state index contributed by atoms with van der Waals surface area (Å²) in [6, 6.07) is -0.00257. The lowest BCUT2D eigenvalue weighted by Crippen LogP contribution is -2.51. The SMILES string of the molecule is CC[C@H](N)C(=O)N1CCCCC1CCN. The van der Waals surface area contributed by atoms with Crippen LogP contribution in [0.1, 0.15) is 39.0 Å². The average Bonchev–Trinajstić information content (AvgIpc) is 2.28. The zero-order valence-corrected chi connectivity index (χ0v) is 9.61. The van der Waals surface area contributed by atoms with E-state index >= 15 is 0 Å². The lowest BCUT2D eigenvalue weighted by molar-refractivity contribution is -0.136. The highest BCUT2D eigenvalue weighted by molar-refractivity contribution is 5.82. The van der Waals surface area contributed by atoms with E-state index in [1.807, 2.05) is 11.8 Å². The molecule has 1 rings (SSSR count). The van der Waals surface area contributed by atoms with Gasteiger partial charge in [0.1, 0.15) is 0 Å². The van der Waals surface area contributed by atoms with Crippen LogP contribution in [0, 0.1) is 0 Å². The van der Waals surface area contributed by atoms with Crippen LogP contribution in [0.5, 0.6) is 0 Å². The van der Waals surface area contributed by atoms with Crippen LogP contribution in [0.4, 0.5) is 0 Å². The van der Waals surface area contributed by atoms with Gasteiger partial charge in [0.2, 0.25) is 5.91 Å². The van der Waals surface area contributed by atoms with E-state index in [2.05, 4.69) is 0 Å². The normalized spacial score (nSPS) is 23.9. The molecule has 0 aromatic carbocycles. The first-order valence-electron chi connectivity index (χ1n) is 5.96. The number of carbonyl (C=O) groups excluding carboxylic acids is 1. The lowest BCUT2D eigenvalue weighted by Gasteiger charge is -2.37. The summed E-state index contributed by atoms with van der Waals surface area (Å²) in [6.45, 7) is 3.46. The van der Waals surface area contributed by atoms with E-state index in [9.17, 15) is 4.79 Å². The Morgan fingerprint density at radius 3 is 2.87 bits per heavy atom. The maximum atomic E-state index is 12.0. The van der Waals surface area contributed by atoms with Gasteiger partial charge in [0.25, 0.3) is 0 Å². The van der Waals surface area contributed by atoms with Crippen molar-refractivity contribution >= 4 is 5.91 Å². The summed E-state index contributed by atoms with van der Waals surface area (Å²) in [5, 5.41) is 0. The van der Waals surface area contributed by atoms with Crippen LogP contribution >= 0.6 is 0 Å². The number of nitrogens with zero attached hydrogens (tertiary/aromatic N) is 1. The van der Waals surface area contributed by atoms with Gasteiger partial charge < -0.3 is 16.4 Å². The first-order valence-corrected chi connectivity index (χ1v) is 5.96. The minimum absolute atomic E-state index is 0.107. The van der Waals surface area contributed by atoms with E-state index in [0.717, 1.165) is 25.8 Å². The van der Waals surface area contributed by atoms with Gasteiger partial charge in [0, 0.05) is 12.6 Å². The molecule has 4 heteroatoms. The van der Waals surface area contributed by atoms with E-state index in [-0.39, 0.29) is 11.9 Å². The van der Waals surface area contributed by atoms with Crippen LogP contribution < -0.4 is 11.5 Å². The number of piperidine rings is 1. The number of nitrogens with two attached hydrogens (primary N) is 2. The summed E-state index contributed by atoms with van der Waals surface area (Å²) in [5.74, 6) is 0.107. The molecular weight excluding hydrogens is 190 g/mol. The molecule has 1 saturated heterocycles. The van der Waals surface area contributed by atoms with Crippen LogP contribution in [0.15, 0.2) is 0 Å². The highest BCUT2D eigenvalue weighted by atomic mass is 16.2. The molecule has 0 bridgehead atoms. The van der Waals surface area contributed by atoms with Gasteiger partial charge in [-0.15, -0.1) is 0 Å². The second-order valence-electron chi connectivity index (χ2n) is 4.27. The largest absolute Gasteiger partial charge is 0.338 e. The third kappa shape index (κ3) is 3.18. The fourth-order valence-electron chi connectivity index (χ4n) is 2.17. The number of rotatable bonds is 4. The Kier molecular flexibility index (Phi) is 5.05. The van der Waals surface area contributed by atoms with Gasteiger partial charge in [0.05, 0.1) is 6.04 Å². The van der Waals surface area contributed by atoms with Gasteiger partial charge in [0.15, 0.2) is 0 Å². The number of amides is 1. The molecule has 15 heavy (non-hydrogen) atoms. The molecular formula is C11H23N3O. The fourth-order valence-corrected chi connectivity index (χ4v) is 2.17. The van der Waals surface area contributed by atoms with Gasteiger partial charge in [-0.3, -0.25) is 4.79 Å². The molecule has 2 atom stereocenters. The first kappa shape index (κ1) is 12.5. The molecule has 1 aliphatic rings. The number of hydrogen-bond donors (Lipinski definition) is 2. The van der Waals surface area contributed by atoms with Gasteiger partial charge in [-0.2, -0.15) is 0 Å². The molecule has 0 radical (unpaired) electrons. The van der Waals surface area contributed by atoms with E-state index in [1.165, 1.54) is 6.42 Å². The zero-order valence-electron chi connectivity index (χ0n) is 9.61. The predicted molar refractivity (Wildman–Crippen MR) is 61.3 cm³/mol. The van der Waals surface area contributed by atoms with Crippen molar-refractivity contribution in [3.63, 3.8) is 0 Å². The third-order valence-corrected chi connectivity index (χ3v) is 3.17. The quantitative estimate of drug-likeness (QED) is 0.712. The summed E-state index contributed by atoms with van der Waals surface area (Å²) in [6.07, 6.45) is 5.01. The summed E-state index contributed by atoms with van der Waals surface area (Å²) in [7, 11) is 0. The van der Waals surface area contributed by atoms with Gasteiger partial charge >= 0.3 is 0 Å². The molecule has 0 aromatic heterocycles. The molecule has 0 spiro atoms. The monoisotopic (exact) mass is 213 g/mol. The van der Waals surface area contributed by atoms with E-state index in [0.29, 0.717) is 19.0 Å². The van der Waals surface area contributed by atoms with Gasteiger partial charge in [-0.05, 0) is 38.6 Å². The lowest BCUT2D eigenvalue weighted by atomic mass is 9.98. The number of likely N-dealkylation sites (tertiary alicyclic amines) is 1. The molecule has 4 nitrogen and oxygen atoms in total. The fraction of sp³-hybridized carbons (Fsp3) is 0.909. The van der Waals surface area contributed by atoms with E-state index < -0.39 is 0 Å². The van der Waals surface area contributed by atoms with E-state index in [4.69, 9.17) is 11.5 Å². The van der Waals surface area contributed by atoms with Gasteiger partial charge in [-0.25, -0.2) is 0 Å². The topological polar surface area (TPSA) is 72.4 Å². The van der Waals surface area contributed by atoms with Crippen LogP contribution in [0.2, 0.25) is 0 Å². The Bertz CT molecular complexity index is 206. The molecule has 1 unspecified atom stereocenters. The number of carbonyl (C=O) groups is 1. The van der Waals surface area contributed by atoms with E-state index in [1.54, 1.807) is 0 Å². The van der Waals surface area contributed by atoms with Crippen molar-refractivity contribution in [3.05, 3.63) is 0 Å². The molecule has 4 N–H and O–H groups in total. The summed E-state index contributed by atoms with van der Waals surface area (Å²) < 4.78 is 0. The minimum Gasteiger partial charge on any atom is -0.338 e. The Labute approximate surface area is 92.0 Å². The molecule has 0 aromatic rings. The Morgan fingerprint density at radius 1 is 1.53 bits per heavy atom. The van der Waals surface area contributed by atoms with Crippen molar-refractivity contribution in [2.24, 2.45) is 11.5 Å². The van der Waals surface area contributed by atoms with Crippen molar-refractivity contribution in [1.82, 2.24) is 4.90 Å². The smallest absolute Gasteiger partial charge is 0.239 e. The molecule has 88 valence electrons. The Hall–Kier alpha value is -0.610. The van der Waals surface area contributed by atoms with Crippen molar-refractivity contribution < 1.29 is 4.79 Å². The summed E-state index contributed by atoms with van der Waals surface area (Å²) in [4.78, 5) is 13.9. The van der Waals surface area contributed by atoms with Crippen molar-refractivity contribution in [3.8, 4) is 0 Å². The predicted octanol–water partition coefficient (Wildman–Crippen LogP) is 0.454. The zero-order chi connectivity index (χ0) is 11.3. The van der Waals surface area contributed by atoms with Crippen LogP contribution in [0.3, 0.4) is 0 Å². The Balaban J connectivity index is 2.58. The minimum atomic E-state index is -0.330. The van der Waals surface area contributed by atoms with Crippen molar-refractivity contribution in [2.45, 2.75) is 51.1 Å². The standard InChI is InChI=1S/C11H23N3O/c1-2-10(13)11(15)14-8-4-3-5-9(14)6-7-12/h9-10H,2-8,12-13H2,1H3/t9?,10-/m0/s1. The van der Waals surface area contributed by atoms with Crippen molar-refractivity contribution in [2.75, 3.05) is 13.1 Å². The molecule has 1 heterocycles. The second-order valence-corrected chi connectivity index (χ2v) is 4.27. The highest BCUT2D eigenvalue weighted by Gasteiger charge is 2.28. The molecule has 0 aliphatic carbocycles.